The van der Waals surface area contributed by atoms with Crippen molar-refractivity contribution in [2.75, 3.05) is 12.3 Å². The molecule has 0 radical (unpaired) electrons. The first-order valence-corrected chi connectivity index (χ1v) is 7.34. The lowest BCUT2D eigenvalue weighted by Crippen LogP contribution is -2.38. The second-order valence-corrected chi connectivity index (χ2v) is 5.82. The van der Waals surface area contributed by atoms with Crippen LogP contribution in [0.4, 0.5) is 0 Å². The minimum Gasteiger partial charge on any atom is -0.313 e. The minimum atomic E-state index is 0.710. The molecule has 0 bridgehead atoms. The summed E-state index contributed by atoms with van der Waals surface area (Å²) in [6.45, 7) is 3.39. The summed E-state index contributed by atoms with van der Waals surface area (Å²) in [6.07, 6.45) is 5.48. The first-order valence-electron chi connectivity index (χ1n) is 6.36. The van der Waals surface area contributed by atoms with Crippen molar-refractivity contribution < 1.29 is 0 Å². The smallest absolute Gasteiger partial charge is 0.209 e. The summed E-state index contributed by atoms with van der Waals surface area (Å²) >= 11 is 1.71. The lowest BCUT2D eigenvalue weighted by Gasteiger charge is -2.29. The van der Waals surface area contributed by atoms with Crippen molar-refractivity contribution >= 4 is 11.8 Å². The Kier molecular flexibility index (Phi) is 4.79. The van der Waals surface area contributed by atoms with Crippen LogP contribution in [-0.2, 0) is 7.05 Å². The number of thioether (sulfide) groups is 1. The number of nitrogens with one attached hydrogen (secondary N) is 1. The Balaban J connectivity index is 1.64. The van der Waals surface area contributed by atoms with E-state index in [0.29, 0.717) is 6.04 Å². The van der Waals surface area contributed by atoms with E-state index in [1.807, 2.05) is 7.05 Å². The second kappa shape index (κ2) is 6.35. The van der Waals surface area contributed by atoms with E-state index in [1.54, 1.807) is 16.4 Å². The molecule has 17 heavy (non-hydrogen) atoms. The minimum absolute atomic E-state index is 0.710. The Bertz CT molecular complexity index is 340. The van der Waals surface area contributed by atoms with E-state index in [-0.39, 0.29) is 0 Å². The van der Waals surface area contributed by atoms with Gasteiger partial charge in [-0.25, -0.2) is 4.68 Å². The van der Waals surface area contributed by atoms with Crippen LogP contribution in [0.25, 0.3) is 0 Å². The van der Waals surface area contributed by atoms with Gasteiger partial charge in [0.15, 0.2) is 0 Å². The average Bonchev–Trinajstić information content (AvgIpc) is 2.73. The van der Waals surface area contributed by atoms with Crippen LogP contribution in [0, 0.1) is 5.92 Å². The molecule has 1 N–H and O–H groups in total. The van der Waals surface area contributed by atoms with E-state index in [0.717, 1.165) is 23.4 Å². The molecule has 0 spiro atoms. The number of tetrazole rings is 1. The van der Waals surface area contributed by atoms with E-state index in [4.69, 9.17) is 0 Å². The van der Waals surface area contributed by atoms with Gasteiger partial charge in [-0.15, -0.1) is 5.10 Å². The van der Waals surface area contributed by atoms with Crippen molar-refractivity contribution in [1.29, 1.82) is 0 Å². The zero-order valence-corrected chi connectivity index (χ0v) is 11.4. The highest BCUT2D eigenvalue weighted by Gasteiger charge is 2.20. The fraction of sp³-hybridized carbons (Fsp3) is 0.909. The third-order valence-electron chi connectivity index (χ3n) is 3.43. The van der Waals surface area contributed by atoms with Gasteiger partial charge in [-0.3, -0.25) is 0 Å². The van der Waals surface area contributed by atoms with Crippen molar-refractivity contribution in [2.24, 2.45) is 13.0 Å². The molecular formula is C11H21N5S. The molecule has 1 aliphatic carbocycles. The van der Waals surface area contributed by atoms with Gasteiger partial charge in [0.2, 0.25) is 5.16 Å². The number of hydrogen-bond acceptors (Lipinski definition) is 5. The van der Waals surface area contributed by atoms with Gasteiger partial charge >= 0.3 is 0 Å². The topological polar surface area (TPSA) is 55.6 Å². The summed E-state index contributed by atoms with van der Waals surface area (Å²) in [5.41, 5.74) is 0. The normalized spacial score (nSPS) is 25.1. The molecule has 2 atom stereocenters. The maximum Gasteiger partial charge on any atom is 0.209 e. The number of aryl methyl sites for hydroxylation is 1. The van der Waals surface area contributed by atoms with Crippen molar-refractivity contribution in [3.05, 3.63) is 0 Å². The highest BCUT2D eigenvalue weighted by Crippen LogP contribution is 2.23. The number of hydrogen-bond donors (Lipinski definition) is 1. The Morgan fingerprint density at radius 2 is 2.24 bits per heavy atom. The fourth-order valence-electron chi connectivity index (χ4n) is 2.35. The highest BCUT2D eigenvalue weighted by molar-refractivity contribution is 7.99. The standard InChI is InChI=1S/C11H21N5S/c1-9-5-3-4-6-10(9)12-7-8-17-11-13-14-15-16(11)2/h9-10,12H,3-8H2,1-2H3. The van der Waals surface area contributed by atoms with Gasteiger partial charge < -0.3 is 5.32 Å². The molecule has 6 heteroatoms. The van der Waals surface area contributed by atoms with E-state index >= 15 is 0 Å². The predicted molar refractivity (Wildman–Crippen MR) is 68.9 cm³/mol. The predicted octanol–water partition coefficient (Wildman–Crippen LogP) is 1.47. The molecule has 0 aliphatic heterocycles. The van der Waals surface area contributed by atoms with E-state index < -0.39 is 0 Å². The van der Waals surface area contributed by atoms with Crippen LogP contribution in [-0.4, -0.2) is 38.5 Å². The summed E-state index contributed by atoms with van der Waals surface area (Å²) in [6, 6.07) is 0.710. The molecule has 0 aromatic carbocycles. The first-order chi connectivity index (χ1) is 8.27. The van der Waals surface area contributed by atoms with Crippen LogP contribution < -0.4 is 5.32 Å². The maximum atomic E-state index is 3.95. The largest absolute Gasteiger partial charge is 0.313 e. The number of aromatic nitrogens is 4. The molecule has 2 unspecified atom stereocenters. The van der Waals surface area contributed by atoms with E-state index in [9.17, 15) is 0 Å². The Labute approximate surface area is 107 Å². The molecule has 1 aliphatic rings. The van der Waals surface area contributed by atoms with Crippen LogP contribution in [0.15, 0.2) is 5.16 Å². The molecule has 1 saturated carbocycles. The zero-order chi connectivity index (χ0) is 12.1. The third-order valence-corrected chi connectivity index (χ3v) is 4.44. The summed E-state index contributed by atoms with van der Waals surface area (Å²) in [4.78, 5) is 0. The molecule has 2 rings (SSSR count). The van der Waals surface area contributed by atoms with Gasteiger partial charge in [0.25, 0.3) is 0 Å². The monoisotopic (exact) mass is 255 g/mol. The zero-order valence-electron chi connectivity index (χ0n) is 10.6. The second-order valence-electron chi connectivity index (χ2n) is 4.76. The molecule has 1 fully saturated rings. The van der Waals surface area contributed by atoms with Gasteiger partial charge in [-0.2, -0.15) is 0 Å². The average molecular weight is 255 g/mol. The van der Waals surface area contributed by atoms with E-state index in [2.05, 4.69) is 27.8 Å². The third kappa shape index (κ3) is 3.67. The van der Waals surface area contributed by atoms with E-state index in [1.165, 1.54) is 25.7 Å². The van der Waals surface area contributed by atoms with Crippen LogP contribution in [0.1, 0.15) is 32.6 Å². The summed E-state index contributed by atoms with van der Waals surface area (Å²) in [5.74, 6) is 1.85. The summed E-state index contributed by atoms with van der Waals surface area (Å²) in [5, 5.41) is 15.9. The molecule has 96 valence electrons. The first kappa shape index (κ1) is 12.8. The molecule has 0 amide bonds. The number of rotatable bonds is 5. The van der Waals surface area contributed by atoms with Crippen molar-refractivity contribution in [3.63, 3.8) is 0 Å². The Hall–Kier alpha value is -0.620. The molecule has 1 aromatic rings. The van der Waals surface area contributed by atoms with Gasteiger partial charge in [-0.05, 0) is 29.2 Å². The lowest BCUT2D eigenvalue weighted by molar-refractivity contribution is 0.285. The fourth-order valence-corrected chi connectivity index (χ4v) is 3.07. The number of nitrogens with zero attached hydrogens (tertiary/aromatic N) is 4. The molecule has 5 nitrogen and oxygen atoms in total. The maximum absolute atomic E-state index is 3.95. The van der Waals surface area contributed by atoms with Crippen molar-refractivity contribution in [1.82, 2.24) is 25.5 Å². The molecule has 1 aromatic heterocycles. The van der Waals surface area contributed by atoms with Crippen molar-refractivity contribution in [2.45, 2.75) is 43.8 Å². The van der Waals surface area contributed by atoms with Crippen LogP contribution in [0.2, 0.25) is 0 Å². The van der Waals surface area contributed by atoms with Crippen LogP contribution >= 0.6 is 11.8 Å². The molecular weight excluding hydrogens is 234 g/mol. The Morgan fingerprint density at radius 1 is 1.41 bits per heavy atom. The van der Waals surface area contributed by atoms with Crippen molar-refractivity contribution in [3.8, 4) is 0 Å². The molecule has 0 saturated heterocycles. The summed E-state index contributed by atoms with van der Waals surface area (Å²) < 4.78 is 1.72. The van der Waals surface area contributed by atoms with Gasteiger partial charge in [0, 0.05) is 25.4 Å². The molecule has 1 heterocycles. The lowest BCUT2D eigenvalue weighted by atomic mass is 9.86. The van der Waals surface area contributed by atoms with Crippen LogP contribution in [0.5, 0.6) is 0 Å². The van der Waals surface area contributed by atoms with Gasteiger partial charge in [0.05, 0.1) is 0 Å². The highest BCUT2D eigenvalue weighted by atomic mass is 32.2. The quantitative estimate of drug-likeness (QED) is 0.638. The summed E-state index contributed by atoms with van der Waals surface area (Å²) in [7, 11) is 1.87. The van der Waals surface area contributed by atoms with Gasteiger partial charge in [0.1, 0.15) is 0 Å². The SMILES string of the molecule is CC1CCCCC1NCCSc1nnnn1C. The van der Waals surface area contributed by atoms with Gasteiger partial charge in [-0.1, -0.05) is 31.5 Å². The van der Waals surface area contributed by atoms with Crippen LogP contribution in [0.3, 0.4) is 0 Å². The Morgan fingerprint density at radius 3 is 2.94 bits per heavy atom.